The SMILES string of the molecule is CNc1ccc(Cn2cnc(C(F)(F)C(F)(F)F)n2)cc1. The molecular weight excluding hydrogens is 295 g/mol. The predicted octanol–water partition coefficient (Wildman–Crippen LogP) is 3.02. The lowest BCUT2D eigenvalue weighted by molar-refractivity contribution is -0.292. The summed E-state index contributed by atoms with van der Waals surface area (Å²) >= 11 is 0. The number of nitrogens with zero attached hydrogens (tertiary/aromatic N) is 3. The fourth-order valence-electron chi connectivity index (χ4n) is 1.61. The Balaban J connectivity index is 2.16. The molecular formula is C12H11F5N4. The fraction of sp³-hybridized carbons (Fsp3) is 0.333. The molecule has 4 nitrogen and oxygen atoms in total. The Labute approximate surface area is 116 Å². The van der Waals surface area contributed by atoms with Crippen molar-refractivity contribution in [2.45, 2.75) is 18.6 Å². The second-order valence-corrected chi connectivity index (χ2v) is 4.28. The molecule has 1 heterocycles. The lowest BCUT2D eigenvalue weighted by Crippen LogP contribution is -2.35. The van der Waals surface area contributed by atoms with Gasteiger partial charge in [-0.3, -0.25) is 0 Å². The molecule has 114 valence electrons. The van der Waals surface area contributed by atoms with Crippen molar-refractivity contribution < 1.29 is 22.0 Å². The van der Waals surface area contributed by atoms with Crippen molar-refractivity contribution in [3.63, 3.8) is 0 Å². The van der Waals surface area contributed by atoms with Crippen LogP contribution in [-0.4, -0.2) is 28.0 Å². The second kappa shape index (κ2) is 5.30. The Kier molecular flexibility index (Phi) is 3.84. The number of halogens is 5. The Hall–Kier alpha value is -2.19. The maximum atomic E-state index is 13.0. The van der Waals surface area contributed by atoms with E-state index in [0.29, 0.717) is 5.56 Å². The Morgan fingerprint density at radius 2 is 1.71 bits per heavy atom. The Morgan fingerprint density at radius 1 is 1.10 bits per heavy atom. The molecule has 0 atom stereocenters. The molecule has 0 bridgehead atoms. The van der Waals surface area contributed by atoms with Gasteiger partial charge in [0.2, 0.25) is 5.82 Å². The summed E-state index contributed by atoms with van der Waals surface area (Å²) in [5.41, 5.74) is 1.54. The molecule has 0 aliphatic heterocycles. The van der Waals surface area contributed by atoms with Crippen LogP contribution >= 0.6 is 0 Å². The minimum absolute atomic E-state index is 0.0466. The number of rotatable bonds is 4. The molecule has 0 saturated carbocycles. The maximum absolute atomic E-state index is 13.0. The molecule has 0 unspecified atom stereocenters. The number of anilines is 1. The molecule has 2 rings (SSSR count). The molecule has 2 aromatic rings. The van der Waals surface area contributed by atoms with Gasteiger partial charge in [-0.1, -0.05) is 12.1 Å². The highest BCUT2D eigenvalue weighted by atomic mass is 19.4. The second-order valence-electron chi connectivity index (χ2n) is 4.28. The molecule has 0 saturated heterocycles. The fourth-order valence-corrected chi connectivity index (χ4v) is 1.61. The predicted molar refractivity (Wildman–Crippen MR) is 65.1 cm³/mol. The third-order valence-corrected chi connectivity index (χ3v) is 2.76. The molecule has 1 aromatic carbocycles. The molecule has 1 aromatic heterocycles. The van der Waals surface area contributed by atoms with Crippen LogP contribution in [0.2, 0.25) is 0 Å². The molecule has 21 heavy (non-hydrogen) atoms. The van der Waals surface area contributed by atoms with Crippen LogP contribution in [0.3, 0.4) is 0 Å². The van der Waals surface area contributed by atoms with E-state index in [0.717, 1.165) is 16.7 Å². The number of hydrogen-bond acceptors (Lipinski definition) is 3. The highest BCUT2D eigenvalue weighted by Crippen LogP contribution is 2.42. The van der Waals surface area contributed by atoms with E-state index in [1.54, 1.807) is 31.3 Å². The van der Waals surface area contributed by atoms with E-state index in [1.165, 1.54) is 0 Å². The standard InChI is InChI=1S/C12H11F5N4/c1-18-9-4-2-8(3-5-9)6-21-7-19-10(20-21)11(13,14)12(15,16)17/h2-5,7,18H,6H2,1H3. The number of alkyl halides is 5. The van der Waals surface area contributed by atoms with Gasteiger partial charge in [-0.15, -0.1) is 5.10 Å². The van der Waals surface area contributed by atoms with Crippen LogP contribution in [0, 0.1) is 0 Å². The third kappa shape index (κ3) is 3.11. The number of nitrogens with one attached hydrogen (secondary N) is 1. The first-order chi connectivity index (χ1) is 9.74. The zero-order valence-electron chi connectivity index (χ0n) is 10.8. The van der Waals surface area contributed by atoms with Gasteiger partial charge in [0, 0.05) is 12.7 Å². The van der Waals surface area contributed by atoms with Gasteiger partial charge in [0.15, 0.2) is 0 Å². The van der Waals surface area contributed by atoms with Crippen molar-refractivity contribution >= 4 is 5.69 Å². The zero-order chi connectivity index (χ0) is 15.7. The van der Waals surface area contributed by atoms with Crippen molar-refractivity contribution in [2.24, 2.45) is 0 Å². The van der Waals surface area contributed by atoms with E-state index >= 15 is 0 Å². The summed E-state index contributed by atoms with van der Waals surface area (Å²) in [5.74, 6) is -6.62. The smallest absolute Gasteiger partial charge is 0.388 e. The van der Waals surface area contributed by atoms with Gasteiger partial charge in [0.1, 0.15) is 6.33 Å². The topological polar surface area (TPSA) is 42.7 Å². The highest BCUT2D eigenvalue weighted by molar-refractivity contribution is 5.43. The van der Waals surface area contributed by atoms with E-state index in [9.17, 15) is 22.0 Å². The van der Waals surface area contributed by atoms with Crippen LogP contribution in [0.1, 0.15) is 11.4 Å². The summed E-state index contributed by atoms with van der Waals surface area (Å²) < 4.78 is 63.6. The number of aromatic nitrogens is 3. The monoisotopic (exact) mass is 306 g/mol. The average Bonchev–Trinajstić information content (AvgIpc) is 2.87. The van der Waals surface area contributed by atoms with Crippen molar-refractivity contribution in [1.29, 1.82) is 0 Å². The summed E-state index contributed by atoms with van der Waals surface area (Å²) in [4.78, 5) is 3.05. The Bertz CT molecular complexity index is 603. The molecule has 0 aliphatic carbocycles. The minimum atomic E-state index is -5.71. The highest BCUT2D eigenvalue weighted by Gasteiger charge is 2.61. The van der Waals surface area contributed by atoms with Gasteiger partial charge in [-0.2, -0.15) is 22.0 Å². The summed E-state index contributed by atoms with van der Waals surface area (Å²) in [7, 11) is 1.73. The van der Waals surface area contributed by atoms with E-state index in [1.807, 2.05) is 0 Å². The molecule has 0 amide bonds. The van der Waals surface area contributed by atoms with Crippen molar-refractivity contribution in [1.82, 2.24) is 14.8 Å². The quantitative estimate of drug-likeness (QED) is 0.883. The largest absolute Gasteiger partial charge is 0.461 e. The normalized spacial score (nSPS) is 12.5. The van der Waals surface area contributed by atoms with E-state index in [-0.39, 0.29) is 6.54 Å². The lowest BCUT2D eigenvalue weighted by atomic mass is 10.2. The van der Waals surface area contributed by atoms with Crippen LogP contribution in [0.15, 0.2) is 30.6 Å². The van der Waals surface area contributed by atoms with Crippen molar-refractivity contribution in [2.75, 3.05) is 12.4 Å². The maximum Gasteiger partial charge on any atom is 0.461 e. The van der Waals surface area contributed by atoms with E-state index in [2.05, 4.69) is 15.4 Å². The van der Waals surface area contributed by atoms with Gasteiger partial charge >= 0.3 is 12.1 Å². The lowest BCUT2D eigenvalue weighted by Gasteiger charge is -2.15. The van der Waals surface area contributed by atoms with E-state index in [4.69, 9.17) is 0 Å². The first kappa shape index (κ1) is 15.2. The summed E-state index contributed by atoms with van der Waals surface area (Å²) in [5, 5.41) is 6.11. The van der Waals surface area contributed by atoms with Gasteiger partial charge in [-0.05, 0) is 17.7 Å². The molecule has 0 spiro atoms. The van der Waals surface area contributed by atoms with Gasteiger partial charge in [-0.25, -0.2) is 9.67 Å². The van der Waals surface area contributed by atoms with Crippen LogP contribution < -0.4 is 5.32 Å². The molecule has 0 aliphatic rings. The third-order valence-electron chi connectivity index (χ3n) is 2.76. The summed E-state index contributed by atoms with van der Waals surface area (Å²) in [6.07, 6.45) is -4.87. The molecule has 0 fully saturated rings. The Morgan fingerprint density at radius 3 is 2.24 bits per heavy atom. The van der Waals surface area contributed by atoms with Crippen molar-refractivity contribution in [3.8, 4) is 0 Å². The first-order valence-corrected chi connectivity index (χ1v) is 5.85. The van der Waals surface area contributed by atoms with Gasteiger partial charge < -0.3 is 5.32 Å². The first-order valence-electron chi connectivity index (χ1n) is 5.85. The summed E-state index contributed by atoms with van der Waals surface area (Å²) in [6.45, 7) is 0.0466. The van der Waals surface area contributed by atoms with Crippen LogP contribution in [-0.2, 0) is 12.5 Å². The molecule has 1 N–H and O–H groups in total. The van der Waals surface area contributed by atoms with Crippen LogP contribution in [0.5, 0.6) is 0 Å². The van der Waals surface area contributed by atoms with Crippen LogP contribution in [0.4, 0.5) is 27.6 Å². The number of hydrogen-bond donors (Lipinski definition) is 1. The molecule has 0 radical (unpaired) electrons. The zero-order valence-corrected chi connectivity index (χ0v) is 10.8. The summed E-state index contributed by atoms with van der Waals surface area (Å²) in [6, 6.07) is 6.90. The van der Waals surface area contributed by atoms with Crippen molar-refractivity contribution in [3.05, 3.63) is 42.0 Å². The number of benzene rings is 1. The van der Waals surface area contributed by atoms with Gasteiger partial charge in [0.05, 0.1) is 6.54 Å². The average molecular weight is 306 g/mol. The van der Waals surface area contributed by atoms with Gasteiger partial charge in [0.25, 0.3) is 0 Å². The van der Waals surface area contributed by atoms with E-state index < -0.39 is 17.9 Å². The minimum Gasteiger partial charge on any atom is -0.388 e. The van der Waals surface area contributed by atoms with Crippen LogP contribution in [0.25, 0.3) is 0 Å². The molecule has 9 heteroatoms.